The predicted molar refractivity (Wildman–Crippen MR) is 78.9 cm³/mol. The van der Waals surface area contributed by atoms with Crippen LogP contribution in [0.5, 0.6) is 0 Å². The molecular weight excluding hydrogens is 255 g/mol. The van der Waals surface area contributed by atoms with Crippen molar-refractivity contribution >= 4 is 0 Å². The summed E-state index contributed by atoms with van der Waals surface area (Å²) in [6.07, 6.45) is 1.81. The summed E-state index contributed by atoms with van der Waals surface area (Å²) in [6.45, 7) is 6.22. The lowest BCUT2D eigenvalue weighted by atomic mass is 9.80. The number of benzene rings is 1. The minimum atomic E-state index is -0.190. The van der Waals surface area contributed by atoms with Gasteiger partial charge in [-0.25, -0.2) is 4.39 Å². The molecule has 20 heavy (non-hydrogen) atoms. The quantitative estimate of drug-likeness (QED) is 0.921. The van der Waals surface area contributed by atoms with Crippen LogP contribution in [0.1, 0.15) is 32.3 Å². The van der Waals surface area contributed by atoms with Crippen molar-refractivity contribution in [3.05, 3.63) is 35.6 Å². The third-order valence-electron chi connectivity index (χ3n) is 4.31. The van der Waals surface area contributed by atoms with Crippen molar-refractivity contribution in [3.8, 4) is 0 Å². The monoisotopic (exact) mass is 280 g/mol. The number of ether oxygens (including phenoxy) is 1. The van der Waals surface area contributed by atoms with Crippen LogP contribution in [0.3, 0.4) is 0 Å². The van der Waals surface area contributed by atoms with Crippen molar-refractivity contribution in [1.29, 1.82) is 0 Å². The zero-order valence-corrected chi connectivity index (χ0v) is 12.7. The molecule has 0 aliphatic carbocycles. The molecule has 1 fully saturated rings. The first-order chi connectivity index (χ1) is 9.37. The molecule has 112 valence electrons. The van der Waals surface area contributed by atoms with Crippen LogP contribution < -0.4 is 5.73 Å². The largest absolute Gasteiger partial charge is 0.375 e. The smallest absolute Gasteiger partial charge is 0.123 e. The SMILES string of the molecule is CN(Cc1cccc(F)c1)C1(CN)CCOC(C)(C)C1. The molecule has 0 spiro atoms. The summed E-state index contributed by atoms with van der Waals surface area (Å²) in [4.78, 5) is 2.26. The minimum absolute atomic E-state index is 0.0753. The zero-order valence-electron chi connectivity index (χ0n) is 12.7. The van der Waals surface area contributed by atoms with Gasteiger partial charge in [0.1, 0.15) is 5.82 Å². The van der Waals surface area contributed by atoms with Gasteiger partial charge in [-0.3, -0.25) is 4.90 Å². The Hall–Kier alpha value is -0.970. The van der Waals surface area contributed by atoms with Gasteiger partial charge in [-0.1, -0.05) is 12.1 Å². The fourth-order valence-electron chi connectivity index (χ4n) is 3.18. The van der Waals surface area contributed by atoms with Gasteiger partial charge in [0.25, 0.3) is 0 Å². The lowest BCUT2D eigenvalue weighted by Crippen LogP contribution is -2.59. The molecule has 0 amide bonds. The first kappa shape index (κ1) is 15.4. The summed E-state index contributed by atoms with van der Waals surface area (Å²) in [5.41, 5.74) is 6.81. The van der Waals surface area contributed by atoms with Crippen LogP contribution in [0, 0.1) is 5.82 Å². The van der Waals surface area contributed by atoms with E-state index in [-0.39, 0.29) is 17.0 Å². The summed E-state index contributed by atoms with van der Waals surface area (Å²) < 4.78 is 19.1. The molecule has 0 bridgehead atoms. The van der Waals surface area contributed by atoms with Gasteiger partial charge in [-0.2, -0.15) is 0 Å². The van der Waals surface area contributed by atoms with Crippen molar-refractivity contribution in [2.45, 2.75) is 44.4 Å². The maximum absolute atomic E-state index is 13.3. The van der Waals surface area contributed by atoms with Gasteiger partial charge in [0.2, 0.25) is 0 Å². The molecule has 1 atom stereocenters. The zero-order chi connectivity index (χ0) is 14.8. The molecular formula is C16H25FN2O. The summed E-state index contributed by atoms with van der Waals surface area (Å²) in [5, 5.41) is 0. The highest BCUT2D eigenvalue weighted by molar-refractivity contribution is 5.17. The highest BCUT2D eigenvalue weighted by Crippen LogP contribution is 2.35. The van der Waals surface area contributed by atoms with Gasteiger partial charge in [0.15, 0.2) is 0 Å². The number of hydrogen-bond acceptors (Lipinski definition) is 3. The van der Waals surface area contributed by atoms with E-state index < -0.39 is 0 Å². The highest BCUT2D eigenvalue weighted by Gasteiger charge is 2.42. The number of rotatable bonds is 4. The maximum Gasteiger partial charge on any atom is 0.123 e. The first-order valence-electron chi connectivity index (χ1n) is 7.17. The van der Waals surface area contributed by atoms with Crippen LogP contribution in [-0.4, -0.2) is 36.2 Å². The van der Waals surface area contributed by atoms with Gasteiger partial charge in [0.05, 0.1) is 5.60 Å². The molecule has 1 aliphatic rings. The summed E-state index contributed by atoms with van der Waals surface area (Å²) in [6, 6.07) is 6.76. The Morgan fingerprint density at radius 2 is 2.15 bits per heavy atom. The fraction of sp³-hybridized carbons (Fsp3) is 0.625. The molecule has 1 aliphatic heterocycles. The average Bonchev–Trinajstić information content (AvgIpc) is 2.37. The van der Waals surface area contributed by atoms with E-state index in [1.807, 2.05) is 6.07 Å². The van der Waals surface area contributed by atoms with Crippen molar-refractivity contribution in [2.75, 3.05) is 20.2 Å². The molecule has 1 saturated heterocycles. The third-order valence-corrected chi connectivity index (χ3v) is 4.31. The standard InChI is InChI=1S/C16H25FN2O/c1-15(2)11-16(12-18,7-8-20-15)19(3)10-13-5-4-6-14(17)9-13/h4-6,9H,7-8,10-12,18H2,1-3H3. The molecule has 1 heterocycles. The van der Waals surface area contributed by atoms with Gasteiger partial charge in [-0.15, -0.1) is 0 Å². The second-order valence-electron chi connectivity index (χ2n) is 6.45. The Morgan fingerprint density at radius 3 is 2.75 bits per heavy atom. The van der Waals surface area contributed by atoms with E-state index in [9.17, 15) is 4.39 Å². The van der Waals surface area contributed by atoms with E-state index in [1.54, 1.807) is 12.1 Å². The van der Waals surface area contributed by atoms with Crippen LogP contribution in [0.25, 0.3) is 0 Å². The Balaban J connectivity index is 2.14. The van der Waals surface area contributed by atoms with Crippen LogP contribution in [0.2, 0.25) is 0 Å². The third kappa shape index (κ3) is 3.37. The number of nitrogens with zero attached hydrogens (tertiary/aromatic N) is 1. The van der Waals surface area contributed by atoms with E-state index in [0.717, 1.165) is 25.0 Å². The van der Waals surface area contributed by atoms with E-state index >= 15 is 0 Å². The van der Waals surface area contributed by atoms with Gasteiger partial charge >= 0.3 is 0 Å². The van der Waals surface area contributed by atoms with Crippen molar-refractivity contribution in [1.82, 2.24) is 4.90 Å². The molecule has 1 aromatic rings. The Labute approximate surface area is 120 Å². The summed E-state index contributed by atoms with van der Waals surface area (Å²) in [5.74, 6) is -0.190. The average molecular weight is 280 g/mol. The van der Waals surface area contributed by atoms with Crippen LogP contribution in [0.15, 0.2) is 24.3 Å². The van der Waals surface area contributed by atoms with E-state index in [4.69, 9.17) is 10.5 Å². The normalized spacial score (nSPS) is 25.9. The minimum Gasteiger partial charge on any atom is -0.375 e. The molecule has 4 heteroatoms. The lowest BCUT2D eigenvalue weighted by Gasteiger charge is -2.49. The number of hydrogen-bond donors (Lipinski definition) is 1. The van der Waals surface area contributed by atoms with Gasteiger partial charge in [0, 0.05) is 25.2 Å². The van der Waals surface area contributed by atoms with Crippen LogP contribution in [0.4, 0.5) is 4.39 Å². The fourth-order valence-corrected chi connectivity index (χ4v) is 3.18. The molecule has 1 unspecified atom stereocenters. The predicted octanol–water partition coefficient (Wildman–Crippen LogP) is 2.54. The lowest BCUT2D eigenvalue weighted by molar-refractivity contribution is -0.115. The highest BCUT2D eigenvalue weighted by atomic mass is 19.1. The molecule has 0 saturated carbocycles. The second-order valence-corrected chi connectivity index (χ2v) is 6.45. The topological polar surface area (TPSA) is 38.5 Å². The number of likely N-dealkylation sites (N-methyl/N-ethyl adjacent to an activating group) is 1. The maximum atomic E-state index is 13.3. The Kier molecular flexibility index (Phi) is 4.47. The molecule has 0 aromatic heterocycles. The van der Waals surface area contributed by atoms with Crippen LogP contribution >= 0.6 is 0 Å². The van der Waals surface area contributed by atoms with Crippen molar-refractivity contribution in [3.63, 3.8) is 0 Å². The second kappa shape index (κ2) is 5.80. The molecule has 3 nitrogen and oxygen atoms in total. The molecule has 0 radical (unpaired) electrons. The van der Waals surface area contributed by atoms with Crippen molar-refractivity contribution < 1.29 is 9.13 Å². The van der Waals surface area contributed by atoms with E-state index in [0.29, 0.717) is 13.1 Å². The first-order valence-corrected chi connectivity index (χ1v) is 7.17. The van der Waals surface area contributed by atoms with E-state index in [2.05, 4.69) is 25.8 Å². The summed E-state index contributed by atoms with van der Waals surface area (Å²) >= 11 is 0. The Morgan fingerprint density at radius 1 is 1.40 bits per heavy atom. The van der Waals surface area contributed by atoms with Gasteiger partial charge in [-0.05, 0) is 51.4 Å². The van der Waals surface area contributed by atoms with Gasteiger partial charge < -0.3 is 10.5 Å². The molecule has 2 N–H and O–H groups in total. The number of halogens is 1. The number of nitrogens with two attached hydrogens (primary N) is 1. The molecule has 2 rings (SSSR count). The summed E-state index contributed by atoms with van der Waals surface area (Å²) in [7, 11) is 2.07. The molecule has 1 aromatic carbocycles. The Bertz CT molecular complexity index is 464. The van der Waals surface area contributed by atoms with Crippen LogP contribution in [-0.2, 0) is 11.3 Å². The van der Waals surface area contributed by atoms with E-state index in [1.165, 1.54) is 6.07 Å². The van der Waals surface area contributed by atoms with Crippen molar-refractivity contribution in [2.24, 2.45) is 5.73 Å².